The number of ether oxygens (including phenoxy) is 2. The number of hydrogen-bond acceptors (Lipinski definition) is 7. The Morgan fingerprint density at radius 2 is 1.64 bits per heavy atom. The van der Waals surface area contributed by atoms with Crippen LogP contribution in [0.4, 0.5) is 11.4 Å². The smallest absolute Gasteiger partial charge is 0.253 e. The van der Waals surface area contributed by atoms with Gasteiger partial charge in [-0.05, 0) is 112 Å². The fourth-order valence-corrected chi connectivity index (χ4v) is 7.19. The number of H-pyrrole nitrogens is 1. The molecule has 2 aliphatic rings. The topological polar surface area (TPSA) is 104 Å². The molecule has 9 heteroatoms. The highest BCUT2D eigenvalue weighted by molar-refractivity contribution is 5.99. The molecule has 0 unspecified atom stereocenters. The van der Waals surface area contributed by atoms with E-state index in [4.69, 9.17) is 9.47 Å². The molecule has 5 rings (SSSR count). The molecule has 0 atom stereocenters. The number of aromatic nitrogens is 1. The van der Waals surface area contributed by atoms with E-state index in [-0.39, 0.29) is 18.0 Å². The van der Waals surface area contributed by atoms with Crippen molar-refractivity contribution in [2.75, 3.05) is 56.4 Å². The molecule has 0 radical (unpaired) electrons. The van der Waals surface area contributed by atoms with Crippen LogP contribution in [0.3, 0.4) is 0 Å². The molecule has 2 saturated heterocycles. The maximum Gasteiger partial charge on any atom is 0.253 e. The van der Waals surface area contributed by atoms with Crippen molar-refractivity contribution in [3.8, 4) is 11.1 Å². The molecule has 3 aromatic rings. The largest absolute Gasteiger partial charge is 0.381 e. The second-order valence-corrected chi connectivity index (χ2v) is 13.1. The molecule has 252 valence electrons. The van der Waals surface area contributed by atoms with Gasteiger partial charge in [0.15, 0.2) is 0 Å². The number of aldehydes is 1. The standard InChI is InChI=1S/C38H50N4O5/c1-7-41(6)35-21-28(9-10-33(35)38(24-43)13-17-47-18-14-38)29-20-31(36(44)39-23-32-25(3)19-26(4)40-37(32)45)27(5)34(22-29)42(8-2)30-11-15-46-16-12-30/h9-10,19-22,24,30H,7-8,11-18,23H2,1-6H3,(H,39,44)(H,40,45). The molecule has 1 aromatic heterocycles. The molecule has 2 aliphatic heterocycles. The van der Waals surface area contributed by atoms with Crippen LogP contribution in [-0.4, -0.2) is 69.8 Å². The quantitative estimate of drug-likeness (QED) is 0.262. The zero-order valence-corrected chi connectivity index (χ0v) is 28.8. The van der Waals surface area contributed by atoms with Crippen LogP contribution in [0.2, 0.25) is 0 Å². The first-order chi connectivity index (χ1) is 22.6. The van der Waals surface area contributed by atoms with E-state index in [0.29, 0.717) is 43.2 Å². The van der Waals surface area contributed by atoms with Gasteiger partial charge >= 0.3 is 0 Å². The predicted octanol–water partition coefficient (Wildman–Crippen LogP) is 5.61. The van der Waals surface area contributed by atoms with Crippen molar-refractivity contribution in [2.24, 2.45) is 0 Å². The number of pyridine rings is 1. The Bertz CT molecular complexity index is 1650. The Kier molecular flexibility index (Phi) is 10.9. The molecule has 3 heterocycles. The Balaban J connectivity index is 1.61. The van der Waals surface area contributed by atoms with Gasteiger partial charge in [-0.15, -0.1) is 0 Å². The normalized spacial score (nSPS) is 16.5. The molecule has 0 aliphatic carbocycles. The number of nitrogens with one attached hydrogen (secondary N) is 2. The number of carbonyl (C=O) groups excluding carboxylic acids is 2. The van der Waals surface area contributed by atoms with Crippen molar-refractivity contribution in [2.45, 2.75) is 78.3 Å². The molecule has 2 fully saturated rings. The maximum absolute atomic E-state index is 14.0. The van der Waals surface area contributed by atoms with Gasteiger partial charge in [0, 0.05) is 87.3 Å². The number of anilines is 2. The van der Waals surface area contributed by atoms with Crippen molar-refractivity contribution in [1.29, 1.82) is 0 Å². The van der Waals surface area contributed by atoms with Crippen molar-refractivity contribution in [3.63, 3.8) is 0 Å². The van der Waals surface area contributed by atoms with E-state index in [2.05, 4.69) is 65.3 Å². The van der Waals surface area contributed by atoms with Gasteiger partial charge in [0.2, 0.25) is 0 Å². The molecule has 1 amide bonds. The fraction of sp³-hybridized carbons (Fsp3) is 0.500. The van der Waals surface area contributed by atoms with E-state index in [1.165, 1.54) is 0 Å². The van der Waals surface area contributed by atoms with Crippen LogP contribution in [0.15, 0.2) is 41.2 Å². The number of aryl methyl sites for hydroxylation is 2. The summed E-state index contributed by atoms with van der Waals surface area (Å²) in [5.41, 5.74) is 7.85. The minimum atomic E-state index is -0.590. The Morgan fingerprint density at radius 1 is 0.957 bits per heavy atom. The molecule has 2 aromatic carbocycles. The van der Waals surface area contributed by atoms with Crippen LogP contribution in [0.25, 0.3) is 11.1 Å². The number of amides is 1. The van der Waals surface area contributed by atoms with Crippen LogP contribution < -0.4 is 20.7 Å². The maximum atomic E-state index is 14.0. The van der Waals surface area contributed by atoms with Gasteiger partial charge in [0.25, 0.3) is 11.5 Å². The summed E-state index contributed by atoms with van der Waals surface area (Å²) >= 11 is 0. The van der Waals surface area contributed by atoms with E-state index >= 15 is 0 Å². The van der Waals surface area contributed by atoms with Crippen LogP contribution in [0.1, 0.15) is 77.8 Å². The minimum Gasteiger partial charge on any atom is -0.381 e. The van der Waals surface area contributed by atoms with E-state index in [9.17, 15) is 14.4 Å². The highest BCUT2D eigenvalue weighted by Crippen LogP contribution is 2.41. The number of carbonyl (C=O) groups is 2. The predicted molar refractivity (Wildman–Crippen MR) is 188 cm³/mol. The number of rotatable bonds is 11. The lowest BCUT2D eigenvalue weighted by Crippen LogP contribution is -2.40. The lowest BCUT2D eigenvalue weighted by atomic mass is 9.74. The first-order valence-corrected chi connectivity index (χ1v) is 17.0. The van der Waals surface area contributed by atoms with E-state index in [1.807, 2.05) is 32.9 Å². The molecular weight excluding hydrogens is 592 g/mol. The zero-order chi connectivity index (χ0) is 33.7. The number of nitrogens with zero attached hydrogens (tertiary/aromatic N) is 2. The summed E-state index contributed by atoms with van der Waals surface area (Å²) in [4.78, 5) is 46.8. The summed E-state index contributed by atoms with van der Waals surface area (Å²) in [6, 6.07) is 12.7. The third-order valence-corrected chi connectivity index (χ3v) is 10.2. The summed E-state index contributed by atoms with van der Waals surface area (Å²) < 4.78 is 11.3. The fourth-order valence-electron chi connectivity index (χ4n) is 7.19. The van der Waals surface area contributed by atoms with Crippen LogP contribution in [0.5, 0.6) is 0 Å². The van der Waals surface area contributed by atoms with Gasteiger partial charge in [-0.1, -0.05) is 12.1 Å². The van der Waals surface area contributed by atoms with Gasteiger partial charge in [-0.2, -0.15) is 0 Å². The summed E-state index contributed by atoms with van der Waals surface area (Å²) in [6.45, 7) is 14.3. The van der Waals surface area contributed by atoms with Gasteiger partial charge in [-0.25, -0.2) is 0 Å². The molecule has 9 nitrogen and oxygen atoms in total. The zero-order valence-electron chi connectivity index (χ0n) is 28.8. The summed E-state index contributed by atoms with van der Waals surface area (Å²) in [5, 5.41) is 3.05. The Morgan fingerprint density at radius 3 is 2.28 bits per heavy atom. The monoisotopic (exact) mass is 642 g/mol. The summed E-state index contributed by atoms with van der Waals surface area (Å²) in [5.74, 6) is -0.224. The highest BCUT2D eigenvalue weighted by atomic mass is 16.5. The van der Waals surface area contributed by atoms with E-state index in [0.717, 1.165) is 90.3 Å². The number of benzene rings is 2. The summed E-state index contributed by atoms with van der Waals surface area (Å²) in [6.07, 6.45) is 4.26. The highest BCUT2D eigenvalue weighted by Gasteiger charge is 2.37. The van der Waals surface area contributed by atoms with Gasteiger partial charge in [-0.3, -0.25) is 9.59 Å². The second-order valence-electron chi connectivity index (χ2n) is 13.1. The third-order valence-electron chi connectivity index (χ3n) is 10.2. The van der Waals surface area contributed by atoms with Crippen molar-refractivity contribution in [1.82, 2.24) is 10.3 Å². The average molecular weight is 643 g/mol. The average Bonchev–Trinajstić information content (AvgIpc) is 3.08. The van der Waals surface area contributed by atoms with Crippen LogP contribution in [-0.2, 0) is 26.2 Å². The molecule has 0 spiro atoms. The molecule has 0 bridgehead atoms. The lowest BCUT2D eigenvalue weighted by Gasteiger charge is -2.37. The number of aromatic amines is 1. The first-order valence-electron chi connectivity index (χ1n) is 17.0. The van der Waals surface area contributed by atoms with E-state index in [1.54, 1.807) is 0 Å². The van der Waals surface area contributed by atoms with Crippen molar-refractivity contribution in [3.05, 3.63) is 80.3 Å². The SMILES string of the molecule is CCN(C)c1cc(-c2cc(C(=O)NCc3c(C)cc(C)[nH]c3=O)c(C)c(N(CC)C3CCOCC3)c2)ccc1C1(C=O)CCOCC1. The minimum absolute atomic E-state index is 0.133. The van der Waals surface area contributed by atoms with Crippen LogP contribution >= 0.6 is 0 Å². The Hall–Kier alpha value is -3.95. The van der Waals surface area contributed by atoms with Gasteiger partial charge in [0.1, 0.15) is 6.29 Å². The third kappa shape index (κ3) is 7.16. The van der Waals surface area contributed by atoms with Crippen LogP contribution in [0, 0.1) is 20.8 Å². The molecular formula is C38H50N4O5. The van der Waals surface area contributed by atoms with Crippen molar-refractivity contribution >= 4 is 23.6 Å². The second kappa shape index (κ2) is 14.9. The van der Waals surface area contributed by atoms with Gasteiger partial charge < -0.3 is 34.4 Å². The van der Waals surface area contributed by atoms with Gasteiger partial charge in [0.05, 0.1) is 5.41 Å². The number of hydrogen-bond donors (Lipinski definition) is 2. The summed E-state index contributed by atoms with van der Waals surface area (Å²) in [7, 11) is 2.05. The molecule has 2 N–H and O–H groups in total. The first kappa shape index (κ1) is 34.4. The lowest BCUT2D eigenvalue weighted by molar-refractivity contribution is -0.115. The Labute approximate surface area is 278 Å². The molecule has 0 saturated carbocycles. The molecule has 47 heavy (non-hydrogen) atoms. The van der Waals surface area contributed by atoms with Crippen molar-refractivity contribution < 1.29 is 19.1 Å². The van der Waals surface area contributed by atoms with E-state index < -0.39 is 5.41 Å².